The van der Waals surface area contributed by atoms with Crippen LogP contribution in [0.4, 0.5) is 0 Å². The van der Waals surface area contributed by atoms with E-state index in [4.69, 9.17) is 34.8 Å². The Balaban J connectivity index is 2.15. The SMILES string of the molecule is Clc1ccc(C(Br)c2ccc(Cl)c3ccccc23)cc1Cl. The van der Waals surface area contributed by atoms with Gasteiger partial charge in [0.05, 0.1) is 14.9 Å². The van der Waals surface area contributed by atoms with E-state index >= 15 is 0 Å². The van der Waals surface area contributed by atoms with Crippen LogP contribution in [-0.4, -0.2) is 0 Å². The summed E-state index contributed by atoms with van der Waals surface area (Å²) in [5, 5.41) is 4.03. The van der Waals surface area contributed by atoms with Gasteiger partial charge >= 0.3 is 0 Å². The zero-order valence-electron chi connectivity index (χ0n) is 10.8. The first-order chi connectivity index (χ1) is 10.1. The molecule has 0 spiro atoms. The van der Waals surface area contributed by atoms with E-state index in [1.807, 2.05) is 48.5 Å². The average molecular weight is 401 g/mol. The summed E-state index contributed by atoms with van der Waals surface area (Å²) in [5.74, 6) is 0. The molecule has 0 N–H and O–H groups in total. The highest BCUT2D eigenvalue weighted by Crippen LogP contribution is 2.39. The first-order valence-electron chi connectivity index (χ1n) is 6.34. The number of hydrogen-bond donors (Lipinski definition) is 0. The van der Waals surface area contributed by atoms with Crippen molar-refractivity contribution in [1.82, 2.24) is 0 Å². The van der Waals surface area contributed by atoms with Crippen LogP contribution in [0.3, 0.4) is 0 Å². The van der Waals surface area contributed by atoms with Crippen molar-refractivity contribution >= 4 is 61.5 Å². The van der Waals surface area contributed by atoms with Crippen molar-refractivity contribution in [1.29, 1.82) is 0 Å². The van der Waals surface area contributed by atoms with Crippen molar-refractivity contribution in [3.05, 3.63) is 80.8 Å². The molecule has 106 valence electrons. The summed E-state index contributed by atoms with van der Waals surface area (Å²) < 4.78 is 0. The summed E-state index contributed by atoms with van der Waals surface area (Å²) in [6.45, 7) is 0. The third-order valence-corrected chi connectivity index (χ3v) is 5.50. The van der Waals surface area contributed by atoms with Gasteiger partial charge in [0.2, 0.25) is 0 Å². The summed E-state index contributed by atoms with van der Waals surface area (Å²) in [5.41, 5.74) is 2.20. The van der Waals surface area contributed by atoms with Crippen LogP contribution >= 0.6 is 50.7 Å². The highest BCUT2D eigenvalue weighted by Gasteiger charge is 2.15. The molecule has 4 heteroatoms. The molecule has 3 rings (SSSR count). The van der Waals surface area contributed by atoms with Crippen molar-refractivity contribution < 1.29 is 0 Å². The second-order valence-electron chi connectivity index (χ2n) is 4.72. The second kappa shape index (κ2) is 6.18. The minimum atomic E-state index is 0.0226. The van der Waals surface area contributed by atoms with Crippen LogP contribution in [0.1, 0.15) is 16.0 Å². The van der Waals surface area contributed by atoms with Gasteiger partial charge in [-0.25, -0.2) is 0 Å². The highest BCUT2D eigenvalue weighted by atomic mass is 79.9. The largest absolute Gasteiger partial charge is 0.0837 e. The van der Waals surface area contributed by atoms with Crippen LogP contribution in [0.2, 0.25) is 15.1 Å². The Hall–Kier alpha value is -0.730. The smallest absolute Gasteiger partial charge is 0.0651 e. The molecule has 0 aromatic heterocycles. The first-order valence-corrected chi connectivity index (χ1v) is 8.39. The third kappa shape index (κ3) is 2.93. The van der Waals surface area contributed by atoms with Crippen molar-refractivity contribution in [2.75, 3.05) is 0 Å². The van der Waals surface area contributed by atoms with Gasteiger partial charge in [-0.05, 0) is 34.7 Å². The maximum atomic E-state index is 6.27. The van der Waals surface area contributed by atoms with Crippen LogP contribution in [0.15, 0.2) is 54.6 Å². The molecule has 1 unspecified atom stereocenters. The lowest BCUT2D eigenvalue weighted by atomic mass is 9.98. The molecule has 0 nitrogen and oxygen atoms in total. The first kappa shape index (κ1) is 15.2. The minimum absolute atomic E-state index is 0.0226. The van der Waals surface area contributed by atoms with E-state index in [0.717, 1.165) is 26.9 Å². The molecule has 0 fully saturated rings. The van der Waals surface area contributed by atoms with Crippen LogP contribution in [0, 0.1) is 0 Å². The van der Waals surface area contributed by atoms with Gasteiger partial charge in [-0.1, -0.05) is 87.1 Å². The fourth-order valence-electron chi connectivity index (χ4n) is 2.36. The molecule has 0 amide bonds. The van der Waals surface area contributed by atoms with E-state index in [-0.39, 0.29) is 4.83 Å². The molecule has 3 aromatic rings. The lowest BCUT2D eigenvalue weighted by Crippen LogP contribution is -1.94. The van der Waals surface area contributed by atoms with Gasteiger partial charge in [-0.15, -0.1) is 0 Å². The molecule has 0 aliphatic heterocycles. The van der Waals surface area contributed by atoms with Gasteiger partial charge in [-0.3, -0.25) is 0 Å². The molecule has 21 heavy (non-hydrogen) atoms. The van der Waals surface area contributed by atoms with E-state index in [2.05, 4.69) is 22.0 Å². The second-order valence-corrected chi connectivity index (χ2v) is 6.86. The predicted molar refractivity (Wildman–Crippen MR) is 96.2 cm³/mol. The van der Waals surface area contributed by atoms with E-state index in [9.17, 15) is 0 Å². The normalized spacial score (nSPS) is 12.6. The van der Waals surface area contributed by atoms with Gasteiger partial charge < -0.3 is 0 Å². The maximum absolute atomic E-state index is 6.27. The lowest BCUT2D eigenvalue weighted by molar-refractivity contribution is 1.20. The third-order valence-electron chi connectivity index (χ3n) is 3.41. The molecular weight excluding hydrogens is 390 g/mol. The summed E-state index contributed by atoms with van der Waals surface area (Å²) in [4.78, 5) is 0.0226. The van der Waals surface area contributed by atoms with Crippen molar-refractivity contribution in [2.24, 2.45) is 0 Å². The maximum Gasteiger partial charge on any atom is 0.0651 e. The van der Waals surface area contributed by atoms with Gasteiger partial charge in [0, 0.05) is 10.4 Å². The molecule has 1 atom stereocenters. The molecule has 0 saturated heterocycles. The summed E-state index contributed by atoms with van der Waals surface area (Å²) in [7, 11) is 0. The Morgan fingerprint density at radius 3 is 2.10 bits per heavy atom. The lowest BCUT2D eigenvalue weighted by Gasteiger charge is -2.15. The van der Waals surface area contributed by atoms with Crippen LogP contribution in [0.5, 0.6) is 0 Å². The van der Waals surface area contributed by atoms with E-state index in [1.165, 1.54) is 0 Å². The topological polar surface area (TPSA) is 0 Å². The highest BCUT2D eigenvalue weighted by molar-refractivity contribution is 9.09. The van der Waals surface area contributed by atoms with Gasteiger partial charge in [0.15, 0.2) is 0 Å². The quantitative estimate of drug-likeness (QED) is 0.396. The van der Waals surface area contributed by atoms with Gasteiger partial charge in [0.1, 0.15) is 0 Å². The van der Waals surface area contributed by atoms with Gasteiger partial charge in [0.25, 0.3) is 0 Å². The number of halogens is 4. The van der Waals surface area contributed by atoms with Crippen LogP contribution in [0.25, 0.3) is 10.8 Å². The number of rotatable bonds is 2. The molecule has 0 bridgehead atoms. The number of alkyl halides is 1. The van der Waals surface area contributed by atoms with Crippen molar-refractivity contribution in [3.63, 3.8) is 0 Å². The predicted octanol–water partition coefficient (Wildman–Crippen LogP) is 7.28. The summed E-state index contributed by atoms with van der Waals surface area (Å²) in [6.07, 6.45) is 0. The Morgan fingerprint density at radius 2 is 1.38 bits per heavy atom. The molecular formula is C17H10BrCl3. The van der Waals surface area contributed by atoms with Gasteiger partial charge in [-0.2, -0.15) is 0 Å². The fourth-order valence-corrected chi connectivity index (χ4v) is 3.57. The van der Waals surface area contributed by atoms with E-state index in [0.29, 0.717) is 10.0 Å². The summed E-state index contributed by atoms with van der Waals surface area (Å²) >= 11 is 22.1. The number of benzene rings is 3. The van der Waals surface area contributed by atoms with Crippen molar-refractivity contribution in [2.45, 2.75) is 4.83 Å². The Kier molecular flexibility index (Phi) is 4.46. The average Bonchev–Trinajstić information content (AvgIpc) is 2.50. The Bertz CT molecular complexity index is 814. The van der Waals surface area contributed by atoms with E-state index in [1.54, 1.807) is 0 Å². The number of fused-ring (bicyclic) bond motifs is 1. The minimum Gasteiger partial charge on any atom is -0.0837 e. The Labute approximate surface area is 146 Å². The molecule has 0 heterocycles. The van der Waals surface area contributed by atoms with Crippen LogP contribution < -0.4 is 0 Å². The monoisotopic (exact) mass is 398 g/mol. The van der Waals surface area contributed by atoms with Crippen LogP contribution in [-0.2, 0) is 0 Å². The zero-order chi connectivity index (χ0) is 15.0. The number of hydrogen-bond acceptors (Lipinski definition) is 0. The molecule has 0 saturated carbocycles. The summed E-state index contributed by atoms with van der Waals surface area (Å²) in [6, 6.07) is 17.7. The van der Waals surface area contributed by atoms with Crippen molar-refractivity contribution in [3.8, 4) is 0 Å². The molecule has 0 radical (unpaired) electrons. The Morgan fingerprint density at radius 1 is 0.714 bits per heavy atom. The molecule has 0 aliphatic rings. The standard InChI is InChI=1S/C17H10BrCl3/c18-17(10-5-7-15(20)16(21)9-10)13-6-8-14(19)12-4-2-1-3-11(12)13/h1-9,17H. The fraction of sp³-hybridized carbons (Fsp3) is 0.0588. The molecule has 3 aromatic carbocycles. The molecule has 0 aliphatic carbocycles. The van der Waals surface area contributed by atoms with E-state index < -0.39 is 0 Å². The zero-order valence-corrected chi connectivity index (χ0v) is 14.6.